The molecular weight excluding hydrogens is 432 g/mol. The first-order valence-electron chi connectivity index (χ1n) is 11.2. The molecule has 0 spiro atoms. The Morgan fingerprint density at radius 3 is 2.09 bits per heavy atom. The molecular formula is C27H32N2O5. The first kappa shape index (κ1) is 24.9. The fourth-order valence-corrected chi connectivity index (χ4v) is 3.90. The number of aryl methyl sites for hydroxylation is 2. The van der Waals surface area contributed by atoms with Crippen LogP contribution >= 0.6 is 0 Å². The van der Waals surface area contributed by atoms with Crippen LogP contribution in [0, 0.1) is 20.8 Å². The van der Waals surface area contributed by atoms with Crippen molar-refractivity contribution in [3.8, 4) is 11.5 Å². The zero-order valence-corrected chi connectivity index (χ0v) is 20.7. The molecule has 0 unspecified atom stereocenters. The minimum atomic E-state index is -0.367. The van der Waals surface area contributed by atoms with Crippen molar-refractivity contribution in [1.29, 1.82) is 0 Å². The Morgan fingerprint density at radius 2 is 1.53 bits per heavy atom. The number of carbonyl (C=O) groups is 2. The van der Waals surface area contributed by atoms with Gasteiger partial charge in [0.1, 0.15) is 11.5 Å². The normalized spacial score (nSPS) is 10.6. The quantitative estimate of drug-likeness (QED) is 0.452. The van der Waals surface area contributed by atoms with Gasteiger partial charge in [-0.3, -0.25) is 4.79 Å². The number of benzene rings is 2. The Bertz CT molecular complexity index is 1140. The molecule has 1 aromatic heterocycles. The van der Waals surface area contributed by atoms with Crippen LogP contribution in [-0.4, -0.2) is 42.6 Å². The lowest BCUT2D eigenvalue weighted by Crippen LogP contribution is -2.30. The van der Waals surface area contributed by atoms with Crippen LogP contribution in [0.2, 0.25) is 0 Å². The monoisotopic (exact) mass is 464 g/mol. The number of rotatable bonds is 9. The molecule has 0 bridgehead atoms. The fraction of sp³-hybridized carbons (Fsp3) is 0.333. The van der Waals surface area contributed by atoms with Crippen molar-refractivity contribution in [1.82, 2.24) is 9.88 Å². The minimum absolute atomic E-state index is 0.179. The van der Waals surface area contributed by atoms with E-state index in [1.54, 1.807) is 44.2 Å². The van der Waals surface area contributed by atoms with Crippen LogP contribution in [0.25, 0.3) is 0 Å². The van der Waals surface area contributed by atoms with Crippen molar-refractivity contribution in [3.05, 3.63) is 81.7 Å². The lowest BCUT2D eigenvalue weighted by Gasteiger charge is -2.24. The van der Waals surface area contributed by atoms with Gasteiger partial charge in [-0.25, -0.2) is 4.79 Å². The molecule has 7 nitrogen and oxygen atoms in total. The number of amides is 1. The molecule has 7 heteroatoms. The summed E-state index contributed by atoms with van der Waals surface area (Å²) in [5.41, 5.74) is 5.40. The molecule has 3 rings (SSSR count). The van der Waals surface area contributed by atoms with Gasteiger partial charge in [-0.2, -0.15) is 0 Å². The molecule has 0 aliphatic rings. The van der Waals surface area contributed by atoms with E-state index in [1.807, 2.05) is 45.0 Å². The van der Waals surface area contributed by atoms with Crippen molar-refractivity contribution in [2.45, 2.75) is 40.8 Å². The van der Waals surface area contributed by atoms with E-state index in [9.17, 15) is 9.59 Å². The number of hydrogen-bond donors (Lipinski definition) is 1. The number of carbonyl (C=O) groups excluding carboxylic acids is 2. The third-order valence-corrected chi connectivity index (χ3v) is 5.75. The van der Waals surface area contributed by atoms with Crippen molar-refractivity contribution in [2.24, 2.45) is 0 Å². The molecule has 0 fully saturated rings. The molecule has 2 aromatic carbocycles. The van der Waals surface area contributed by atoms with E-state index >= 15 is 0 Å². The molecule has 1 N–H and O–H groups in total. The van der Waals surface area contributed by atoms with Crippen LogP contribution in [0.4, 0.5) is 0 Å². The van der Waals surface area contributed by atoms with Gasteiger partial charge in [0.05, 0.1) is 32.9 Å². The maximum Gasteiger partial charge on any atom is 0.340 e. The second kappa shape index (κ2) is 10.9. The number of methoxy groups -OCH3 is 2. The van der Waals surface area contributed by atoms with E-state index in [0.29, 0.717) is 35.8 Å². The summed E-state index contributed by atoms with van der Waals surface area (Å²) in [5.74, 6) is 0.528. The average Bonchev–Trinajstić information content (AvgIpc) is 3.11. The highest BCUT2D eigenvalue weighted by molar-refractivity contribution is 5.95. The van der Waals surface area contributed by atoms with Crippen molar-refractivity contribution in [2.75, 3.05) is 20.8 Å². The molecule has 0 aliphatic heterocycles. The number of hydrogen-bond acceptors (Lipinski definition) is 5. The van der Waals surface area contributed by atoms with Crippen molar-refractivity contribution >= 4 is 11.9 Å². The van der Waals surface area contributed by atoms with E-state index < -0.39 is 0 Å². The van der Waals surface area contributed by atoms with E-state index in [-0.39, 0.29) is 18.4 Å². The second-order valence-electron chi connectivity index (χ2n) is 8.20. The van der Waals surface area contributed by atoms with Gasteiger partial charge in [0.25, 0.3) is 5.91 Å². The minimum Gasteiger partial charge on any atom is -0.497 e. The number of nitrogens with zero attached hydrogens (tertiary/aromatic N) is 1. The summed E-state index contributed by atoms with van der Waals surface area (Å²) in [6.45, 7) is 8.49. The maximum atomic E-state index is 13.7. The van der Waals surface area contributed by atoms with E-state index in [4.69, 9.17) is 14.2 Å². The lowest BCUT2D eigenvalue weighted by atomic mass is 10.1. The molecule has 0 saturated heterocycles. The Balaban J connectivity index is 2.00. The third kappa shape index (κ3) is 5.60. The van der Waals surface area contributed by atoms with Crippen molar-refractivity contribution in [3.63, 3.8) is 0 Å². The van der Waals surface area contributed by atoms with Gasteiger partial charge in [-0.15, -0.1) is 0 Å². The first-order chi connectivity index (χ1) is 16.3. The summed E-state index contributed by atoms with van der Waals surface area (Å²) in [6.07, 6.45) is 0. The third-order valence-electron chi connectivity index (χ3n) is 5.75. The van der Waals surface area contributed by atoms with E-state index in [0.717, 1.165) is 28.1 Å². The molecule has 1 heterocycles. The standard InChI is InChI=1S/C27H32N2O5/c1-7-34-27(31)25-18(3)24(28-19(25)4)16-29(15-20-10-8-17(2)9-11-20)26(30)21-12-22(32-5)14-23(13-21)33-6/h8-14,28H,7,15-16H2,1-6H3. The number of nitrogens with one attached hydrogen (secondary N) is 1. The largest absolute Gasteiger partial charge is 0.497 e. The van der Waals surface area contributed by atoms with Gasteiger partial charge in [0, 0.05) is 29.6 Å². The van der Waals surface area contributed by atoms with Gasteiger partial charge < -0.3 is 24.1 Å². The van der Waals surface area contributed by atoms with Crippen LogP contribution in [0.15, 0.2) is 42.5 Å². The zero-order chi connectivity index (χ0) is 24.8. The van der Waals surface area contributed by atoms with E-state index in [2.05, 4.69) is 4.98 Å². The number of ether oxygens (including phenoxy) is 3. The Morgan fingerprint density at radius 1 is 0.912 bits per heavy atom. The predicted molar refractivity (Wildman–Crippen MR) is 131 cm³/mol. The number of esters is 1. The maximum absolute atomic E-state index is 13.7. The number of aromatic nitrogens is 1. The van der Waals surface area contributed by atoms with Crippen LogP contribution in [0.5, 0.6) is 11.5 Å². The Kier molecular flexibility index (Phi) is 7.99. The highest BCUT2D eigenvalue weighted by Gasteiger charge is 2.24. The highest BCUT2D eigenvalue weighted by atomic mass is 16.5. The van der Waals surface area contributed by atoms with Crippen LogP contribution < -0.4 is 9.47 Å². The molecule has 0 aliphatic carbocycles. The lowest BCUT2D eigenvalue weighted by molar-refractivity contribution is 0.0524. The topological polar surface area (TPSA) is 80.9 Å². The summed E-state index contributed by atoms with van der Waals surface area (Å²) in [4.78, 5) is 31.2. The molecule has 180 valence electrons. The van der Waals surface area contributed by atoms with Gasteiger partial charge >= 0.3 is 5.97 Å². The molecule has 34 heavy (non-hydrogen) atoms. The summed E-state index contributed by atoms with van der Waals surface area (Å²) in [5, 5.41) is 0. The molecule has 3 aromatic rings. The molecule has 1 amide bonds. The predicted octanol–water partition coefficient (Wildman–Crippen LogP) is 4.98. The average molecular weight is 465 g/mol. The number of aromatic amines is 1. The Labute approximate surface area is 200 Å². The summed E-state index contributed by atoms with van der Waals surface area (Å²) >= 11 is 0. The van der Waals surface area contributed by atoms with Crippen LogP contribution in [0.3, 0.4) is 0 Å². The highest BCUT2D eigenvalue weighted by Crippen LogP contribution is 2.26. The van der Waals surface area contributed by atoms with Gasteiger partial charge in [0.15, 0.2) is 0 Å². The van der Waals surface area contributed by atoms with E-state index in [1.165, 1.54) is 0 Å². The summed E-state index contributed by atoms with van der Waals surface area (Å²) < 4.78 is 15.9. The summed E-state index contributed by atoms with van der Waals surface area (Å²) in [7, 11) is 3.10. The van der Waals surface area contributed by atoms with Gasteiger partial charge in [-0.1, -0.05) is 29.8 Å². The molecule has 0 atom stereocenters. The van der Waals surface area contributed by atoms with Crippen LogP contribution in [0.1, 0.15) is 55.7 Å². The first-order valence-corrected chi connectivity index (χ1v) is 11.2. The smallest absolute Gasteiger partial charge is 0.340 e. The van der Waals surface area contributed by atoms with Gasteiger partial charge in [0.2, 0.25) is 0 Å². The Hall–Kier alpha value is -3.74. The van der Waals surface area contributed by atoms with Crippen molar-refractivity contribution < 1.29 is 23.8 Å². The second-order valence-corrected chi connectivity index (χ2v) is 8.20. The SMILES string of the molecule is CCOC(=O)c1c(C)[nH]c(CN(Cc2ccc(C)cc2)C(=O)c2cc(OC)cc(OC)c2)c1C. The fourth-order valence-electron chi connectivity index (χ4n) is 3.90. The molecule has 0 radical (unpaired) electrons. The number of H-pyrrole nitrogens is 1. The summed E-state index contributed by atoms with van der Waals surface area (Å²) in [6, 6.07) is 13.2. The van der Waals surface area contributed by atoms with Crippen LogP contribution in [-0.2, 0) is 17.8 Å². The van der Waals surface area contributed by atoms with Gasteiger partial charge in [-0.05, 0) is 51.0 Å². The molecule has 0 saturated carbocycles. The zero-order valence-electron chi connectivity index (χ0n) is 20.7.